The first-order chi connectivity index (χ1) is 19.4. The van der Waals surface area contributed by atoms with Crippen molar-refractivity contribution in [3.05, 3.63) is 53.1 Å². The Kier molecular flexibility index (Phi) is 25.3. The van der Waals surface area contributed by atoms with Gasteiger partial charge in [0.05, 0.1) is 0 Å². The standard InChI is InChI=1S/C23H36O3S.C9H16.C3H8O/c1-18-13-14-21-20(17-18)10-4-11-22(21)26-23(24)12-3-7-19(9-6-16-27)8-5-15-25-2;1-4-6-8-9(3)7-5-2;1-2-3-4/h4,10-11,18-19,27H,3,5-9,12-17H2,1-2H3;4,6,8H,5,7H2,1-3H3;4H,2-3H2,1H3/b;6-4-,9-8+;. The van der Waals surface area contributed by atoms with Gasteiger partial charge in [0, 0.05) is 26.7 Å². The van der Waals surface area contributed by atoms with E-state index in [1.165, 1.54) is 48.8 Å². The van der Waals surface area contributed by atoms with E-state index in [0.717, 1.165) is 69.0 Å². The van der Waals surface area contributed by atoms with Gasteiger partial charge in [-0.2, -0.15) is 12.6 Å². The lowest BCUT2D eigenvalue weighted by Crippen LogP contribution is -2.15. The van der Waals surface area contributed by atoms with Crippen LogP contribution in [0.4, 0.5) is 0 Å². The quantitative estimate of drug-likeness (QED) is 0.0677. The molecule has 0 heterocycles. The molecule has 1 aliphatic rings. The zero-order chi connectivity index (χ0) is 30.0. The normalized spacial score (nSPS) is 15.4. The van der Waals surface area contributed by atoms with Crippen molar-refractivity contribution < 1.29 is 19.4 Å². The van der Waals surface area contributed by atoms with E-state index in [0.29, 0.717) is 18.9 Å². The lowest BCUT2D eigenvalue weighted by atomic mass is 9.84. The number of aliphatic hydroxyl groups excluding tert-OH is 1. The maximum absolute atomic E-state index is 12.4. The highest BCUT2D eigenvalue weighted by molar-refractivity contribution is 7.80. The highest BCUT2D eigenvalue weighted by Crippen LogP contribution is 2.32. The Morgan fingerprint density at radius 3 is 2.45 bits per heavy atom. The molecule has 0 bridgehead atoms. The summed E-state index contributed by atoms with van der Waals surface area (Å²) in [6, 6.07) is 6.14. The van der Waals surface area contributed by atoms with Crippen molar-refractivity contribution in [1.82, 2.24) is 0 Å². The van der Waals surface area contributed by atoms with Crippen LogP contribution in [0.5, 0.6) is 5.75 Å². The van der Waals surface area contributed by atoms with E-state index in [-0.39, 0.29) is 5.97 Å². The van der Waals surface area contributed by atoms with Gasteiger partial charge in [0.2, 0.25) is 0 Å². The molecule has 0 spiro atoms. The second-order valence-electron chi connectivity index (χ2n) is 11.0. The zero-order valence-corrected chi connectivity index (χ0v) is 27.4. The minimum atomic E-state index is -0.0909. The van der Waals surface area contributed by atoms with Crippen molar-refractivity contribution in [2.24, 2.45) is 11.8 Å². The Balaban J connectivity index is 0.000000973. The number of allylic oxidation sites excluding steroid dienone is 4. The molecule has 230 valence electrons. The number of esters is 1. The minimum Gasteiger partial charge on any atom is -0.426 e. The third kappa shape index (κ3) is 19.5. The molecule has 0 saturated heterocycles. The van der Waals surface area contributed by atoms with Crippen LogP contribution >= 0.6 is 12.6 Å². The lowest BCUT2D eigenvalue weighted by Gasteiger charge is -2.23. The van der Waals surface area contributed by atoms with Gasteiger partial charge in [0.15, 0.2) is 0 Å². The molecule has 1 aromatic rings. The summed E-state index contributed by atoms with van der Waals surface area (Å²) in [5.41, 5.74) is 4.06. The molecule has 2 unspecified atom stereocenters. The van der Waals surface area contributed by atoms with Crippen LogP contribution in [0.15, 0.2) is 42.0 Å². The van der Waals surface area contributed by atoms with Gasteiger partial charge in [-0.1, -0.05) is 63.1 Å². The molecule has 2 rings (SSSR count). The van der Waals surface area contributed by atoms with Crippen LogP contribution in [0.25, 0.3) is 0 Å². The van der Waals surface area contributed by atoms with E-state index < -0.39 is 0 Å². The lowest BCUT2D eigenvalue weighted by molar-refractivity contribution is -0.134. The topological polar surface area (TPSA) is 55.8 Å². The fourth-order valence-corrected chi connectivity index (χ4v) is 5.01. The van der Waals surface area contributed by atoms with E-state index in [2.05, 4.69) is 57.7 Å². The highest BCUT2D eigenvalue weighted by Gasteiger charge is 2.20. The van der Waals surface area contributed by atoms with Crippen molar-refractivity contribution in [3.8, 4) is 5.75 Å². The molecule has 0 fully saturated rings. The number of fused-ring (bicyclic) bond motifs is 1. The molecular weight excluding hydrogens is 516 g/mol. The Labute approximate surface area is 252 Å². The predicted molar refractivity (Wildman–Crippen MR) is 176 cm³/mol. The van der Waals surface area contributed by atoms with Crippen LogP contribution in [-0.2, 0) is 22.4 Å². The molecule has 4 nitrogen and oxygen atoms in total. The van der Waals surface area contributed by atoms with Crippen LogP contribution in [-0.4, -0.2) is 37.2 Å². The zero-order valence-electron chi connectivity index (χ0n) is 26.6. The monoisotopic (exact) mass is 576 g/mol. The number of carbonyl (C=O) groups excluding carboxylic acids is 1. The minimum absolute atomic E-state index is 0.0909. The number of hydrogen-bond donors (Lipinski definition) is 2. The first-order valence-corrected chi connectivity index (χ1v) is 16.3. The number of aliphatic hydroxyl groups is 1. The van der Waals surface area contributed by atoms with Gasteiger partial charge >= 0.3 is 5.97 Å². The van der Waals surface area contributed by atoms with Crippen LogP contribution in [0.3, 0.4) is 0 Å². The molecule has 40 heavy (non-hydrogen) atoms. The maximum Gasteiger partial charge on any atom is 0.311 e. The van der Waals surface area contributed by atoms with Gasteiger partial charge in [0.25, 0.3) is 0 Å². The number of rotatable bonds is 16. The highest BCUT2D eigenvalue weighted by atomic mass is 32.1. The Morgan fingerprint density at radius 2 is 1.82 bits per heavy atom. The maximum atomic E-state index is 12.4. The van der Waals surface area contributed by atoms with E-state index in [1.54, 1.807) is 7.11 Å². The average molecular weight is 577 g/mol. The average Bonchev–Trinajstić information content (AvgIpc) is 2.95. The Bertz CT molecular complexity index is 816. The predicted octanol–water partition coefficient (Wildman–Crippen LogP) is 9.34. The molecule has 5 heteroatoms. The van der Waals surface area contributed by atoms with E-state index >= 15 is 0 Å². The summed E-state index contributed by atoms with van der Waals surface area (Å²) < 4.78 is 10.9. The number of carbonyl (C=O) groups is 1. The van der Waals surface area contributed by atoms with Crippen LogP contribution in [0.2, 0.25) is 0 Å². The largest absolute Gasteiger partial charge is 0.426 e. The van der Waals surface area contributed by atoms with Gasteiger partial charge in [-0.3, -0.25) is 4.79 Å². The molecule has 0 aliphatic heterocycles. The first-order valence-electron chi connectivity index (χ1n) is 15.7. The smallest absolute Gasteiger partial charge is 0.311 e. The molecular formula is C35H60O4S. The Morgan fingerprint density at radius 1 is 1.12 bits per heavy atom. The molecule has 0 amide bonds. The van der Waals surface area contributed by atoms with Crippen molar-refractivity contribution in [1.29, 1.82) is 0 Å². The Hall–Kier alpha value is -1.56. The fourth-order valence-electron chi connectivity index (χ4n) is 4.83. The first kappa shape index (κ1) is 38.4. The summed E-state index contributed by atoms with van der Waals surface area (Å²) in [5, 5.41) is 7.88. The van der Waals surface area contributed by atoms with Gasteiger partial charge < -0.3 is 14.6 Å². The van der Waals surface area contributed by atoms with Gasteiger partial charge in [-0.05, 0) is 119 Å². The second-order valence-corrected chi connectivity index (χ2v) is 11.4. The fraction of sp³-hybridized carbons (Fsp3) is 0.686. The molecule has 0 aromatic heterocycles. The molecule has 0 saturated carbocycles. The second kappa shape index (κ2) is 26.3. The van der Waals surface area contributed by atoms with Crippen LogP contribution < -0.4 is 4.74 Å². The van der Waals surface area contributed by atoms with Crippen molar-refractivity contribution in [2.45, 2.75) is 118 Å². The van der Waals surface area contributed by atoms with E-state index in [1.807, 2.05) is 26.0 Å². The summed E-state index contributed by atoms with van der Waals surface area (Å²) in [7, 11) is 1.75. The van der Waals surface area contributed by atoms with Crippen molar-refractivity contribution in [2.75, 3.05) is 26.1 Å². The third-order valence-electron chi connectivity index (χ3n) is 7.08. The van der Waals surface area contributed by atoms with Gasteiger partial charge in [0.1, 0.15) is 5.75 Å². The number of hydrogen-bond acceptors (Lipinski definition) is 5. The summed E-state index contributed by atoms with van der Waals surface area (Å²) in [6.07, 6.45) is 20.0. The number of thiol groups is 1. The molecule has 0 radical (unpaired) electrons. The van der Waals surface area contributed by atoms with Gasteiger partial charge in [-0.15, -0.1) is 0 Å². The molecule has 1 aliphatic carbocycles. The summed E-state index contributed by atoms with van der Waals surface area (Å²) >= 11 is 4.33. The van der Waals surface area contributed by atoms with E-state index in [4.69, 9.17) is 14.6 Å². The van der Waals surface area contributed by atoms with Crippen LogP contribution in [0.1, 0.15) is 116 Å². The number of methoxy groups -OCH3 is 1. The molecule has 2 atom stereocenters. The third-order valence-corrected chi connectivity index (χ3v) is 7.39. The van der Waals surface area contributed by atoms with Crippen LogP contribution in [0, 0.1) is 11.8 Å². The number of benzene rings is 1. The summed E-state index contributed by atoms with van der Waals surface area (Å²) in [6.45, 7) is 11.8. The summed E-state index contributed by atoms with van der Waals surface area (Å²) in [4.78, 5) is 12.4. The number of ether oxygens (including phenoxy) is 2. The SMILES string of the molecule is C/C=C\C=C(/C)CCC.CCCO.COCCCC(CCCS)CCCC(=O)Oc1cccc2c1CCC(C)C2. The van der Waals surface area contributed by atoms with Crippen molar-refractivity contribution in [3.63, 3.8) is 0 Å². The van der Waals surface area contributed by atoms with Gasteiger partial charge in [-0.25, -0.2) is 0 Å². The molecule has 1 N–H and O–H groups in total. The van der Waals surface area contributed by atoms with Crippen molar-refractivity contribution >= 4 is 18.6 Å². The van der Waals surface area contributed by atoms with E-state index in [9.17, 15) is 4.79 Å². The summed E-state index contributed by atoms with van der Waals surface area (Å²) in [5.74, 6) is 3.00. The molecule has 1 aromatic carbocycles.